The second-order valence-corrected chi connectivity index (χ2v) is 7.24. The van der Waals surface area contributed by atoms with Crippen LogP contribution in [-0.4, -0.2) is 23.3 Å². The largest absolute Gasteiger partial charge is 0.416 e. The van der Waals surface area contributed by atoms with Crippen molar-refractivity contribution >= 4 is 0 Å². The summed E-state index contributed by atoms with van der Waals surface area (Å²) >= 11 is 0. The normalized spacial score (nSPS) is 20.0. The Morgan fingerprint density at radius 1 is 0.897 bits per heavy atom. The van der Waals surface area contributed by atoms with Gasteiger partial charge in [0.15, 0.2) is 0 Å². The van der Waals surface area contributed by atoms with Crippen molar-refractivity contribution in [1.82, 2.24) is 15.5 Å². The van der Waals surface area contributed by atoms with Crippen LogP contribution in [0.25, 0.3) is 11.3 Å². The topological polar surface area (TPSA) is 40.7 Å². The molecule has 1 fully saturated rings. The summed E-state index contributed by atoms with van der Waals surface area (Å²) in [7, 11) is 0. The molecule has 152 valence electrons. The molecule has 0 saturated carbocycles. The van der Waals surface area contributed by atoms with Gasteiger partial charge in [-0.15, -0.1) is 0 Å². The van der Waals surface area contributed by atoms with Crippen molar-refractivity contribution in [3.63, 3.8) is 0 Å². The quantitative estimate of drug-likeness (QED) is 0.584. The van der Waals surface area contributed by atoms with Gasteiger partial charge in [-0.05, 0) is 48.2 Å². The number of rotatable bonds is 3. The van der Waals surface area contributed by atoms with E-state index in [2.05, 4.69) is 15.5 Å². The van der Waals surface area contributed by atoms with Gasteiger partial charge in [0, 0.05) is 36.3 Å². The first-order valence-electron chi connectivity index (χ1n) is 9.20. The lowest BCUT2D eigenvalue weighted by Crippen LogP contribution is -2.34. The van der Waals surface area contributed by atoms with Gasteiger partial charge >= 0.3 is 6.18 Å². The highest BCUT2D eigenvalue weighted by Crippen LogP contribution is 2.35. The zero-order valence-corrected chi connectivity index (χ0v) is 15.2. The van der Waals surface area contributed by atoms with Crippen LogP contribution in [0.15, 0.2) is 48.5 Å². The Kier molecular flexibility index (Phi) is 5.12. The maximum absolute atomic E-state index is 14.0. The number of hydrogen-bond donors (Lipinski definition) is 2. The number of alkyl halides is 3. The van der Waals surface area contributed by atoms with Crippen molar-refractivity contribution in [2.24, 2.45) is 0 Å². The van der Waals surface area contributed by atoms with E-state index in [1.807, 2.05) is 0 Å². The van der Waals surface area contributed by atoms with Crippen molar-refractivity contribution < 1.29 is 22.0 Å². The Hall–Kier alpha value is -2.74. The van der Waals surface area contributed by atoms with Crippen molar-refractivity contribution in [3.8, 4) is 11.3 Å². The van der Waals surface area contributed by atoms with Crippen molar-refractivity contribution in [2.45, 2.75) is 24.4 Å². The fourth-order valence-electron chi connectivity index (χ4n) is 3.76. The van der Waals surface area contributed by atoms with E-state index in [-0.39, 0.29) is 17.4 Å². The Bertz CT molecular complexity index is 994. The number of halogens is 5. The zero-order chi connectivity index (χ0) is 20.6. The molecule has 2 atom stereocenters. The molecule has 1 aliphatic heterocycles. The molecule has 29 heavy (non-hydrogen) atoms. The second kappa shape index (κ2) is 7.59. The van der Waals surface area contributed by atoms with Crippen LogP contribution in [0.2, 0.25) is 0 Å². The minimum atomic E-state index is -4.35. The molecular weight excluding hydrogens is 389 g/mol. The SMILES string of the molecule is Fc1ccc(-c2cc(C3CNCC(c4ccc(C(F)(F)F)cc4)C3)[nH]n2)c(F)c1. The van der Waals surface area contributed by atoms with E-state index in [0.717, 1.165) is 29.5 Å². The van der Waals surface area contributed by atoms with Crippen molar-refractivity contribution in [2.75, 3.05) is 13.1 Å². The predicted octanol–water partition coefficient (Wildman–Crippen LogP) is 5.23. The molecule has 2 heterocycles. The number of nitrogens with one attached hydrogen (secondary N) is 2. The number of aromatic nitrogens is 2. The molecule has 0 radical (unpaired) electrons. The first-order chi connectivity index (χ1) is 13.8. The monoisotopic (exact) mass is 407 g/mol. The number of nitrogens with zero attached hydrogens (tertiary/aromatic N) is 1. The third kappa shape index (κ3) is 4.17. The van der Waals surface area contributed by atoms with Crippen LogP contribution in [0, 0.1) is 11.6 Å². The van der Waals surface area contributed by atoms with Crippen LogP contribution in [0.3, 0.4) is 0 Å². The van der Waals surface area contributed by atoms with Gasteiger partial charge in [0.25, 0.3) is 0 Å². The molecule has 0 bridgehead atoms. The van der Waals surface area contributed by atoms with Crippen LogP contribution in [0.4, 0.5) is 22.0 Å². The number of aromatic amines is 1. The van der Waals surface area contributed by atoms with Crippen LogP contribution in [0.1, 0.15) is 35.1 Å². The third-order valence-corrected chi connectivity index (χ3v) is 5.30. The van der Waals surface area contributed by atoms with E-state index in [1.165, 1.54) is 24.3 Å². The van der Waals surface area contributed by atoms with Crippen LogP contribution >= 0.6 is 0 Å². The average Bonchev–Trinajstić information content (AvgIpc) is 3.17. The molecule has 2 unspecified atom stereocenters. The molecule has 3 aromatic rings. The Balaban J connectivity index is 1.51. The van der Waals surface area contributed by atoms with Gasteiger partial charge in [0.2, 0.25) is 0 Å². The molecule has 8 heteroatoms. The summed E-state index contributed by atoms with van der Waals surface area (Å²) in [5.41, 5.74) is 1.56. The molecule has 4 rings (SSSR count). The Morgan fingerprint density at radius 2 is 1.62 bits per heavy atom. The number of H-pyrrole nitrogens is 1. The maximum Gasteiger partial charge on any atom is 0.416 e. The molecule has 0 aliphatic carbocycles. The van der Waals surface area contributed by atoms with Crippen LogP contribution in [-0.2, 0) is 6.18 Å². The summed E-state index contributed by atoms with van der Waals surface area (Å²) in [6.07, 6.45) is -3.64. The first kappa shape index (κ1) is 19.6. The molecular formula is C21H18F5N3. The number of hydrogen-bond acceptors (Lipinski definition) is 2. The van der Waals surface area contributed by atoms with Gasteiger partial charge < -0.3 is 5.32 Å². The Labute approximate surface area is 164 Å². The summed E-state index contributed by atoms with van der Waals surface area (Å²) < 4.78 is 65.4. The summed E-state index contributed by atoms with van der Waals surface area (Å²) in [6.45, 7) is 1.33. The summed E-state index contributed by atoms with van der Waals surface area (Å²) in [4.78, 5) is 0. The molecule has 3 nitrogen and oxygen atoms in total. The molecule has 0 spiro atoms. The molecule has 2 N–H and O–H groups in total. The van der Waals surface area contributed by atoms with Gasteiger partial charge in [-0.25, -0.2) is 8.78 Å². The highest BCUT2D eigenvalue weighted by atomic mass is 19.4. The van der Waals surface area contributed by atoms with Gasteiger partial charge in [0.1, 0.15) is 11.6 Å². The molecule has 0 amide bonds. The van der Waals surface area contributed by atoms with Crippen LogP contribution < -0.4 is 5.32 Å². The van der Waals surface area contributed by atoms with E-state index < -0.39 is 23.4 Å². The standard InChI is InChI=1S/C21H18F5N3/c22-16-5-6-17(18(23)8-16)20-9-19(28-29-20)14-7-13(10-27-11-14)12-1-3-15(4-2-12)21(24,25)26/h1-6,8-9,13-14,27H,7,10-11H2,(H,28,29). The van der Waals surface area contributed by atoms with E-state index >= 15 is 0 Å². The van der Waals surface area contributed by atoms with Gasteiger partial charge in [-0.1, -0.05) is 12.1 Å². The van der Waals surface area contributed by atoms with Gasteiger partial charge in [-0.3, -0.25) is 5.10 Å². The minimum Gasteiger partial charge on any atom is -0.315 e. The third-order valence-electron chi connectivity index (χ3n) is 5.30. The lowest BCUT2D eigenvalue weighted by atomic mass is 9.83. The number of benzene rings is 2. The highest BCUT2D eigenvalue weighted by Gasteiger charge is 2.31. The van der Waals surface area contributed by atoms with Gasteiger partial charge in [0.05, 0.1) is 11.3 Å². The van der Waals surface area contributed by atoms with E-state index in [4.69, 9.17) is 0 Å². The fourth-order valence-corrected chi connectivity index (χ4v) is 3.76. The summed E-state index contributed by atoms with van der Waals surface area (Å²) in [5, 5.41) is 10.4. The predicted molar refractivity (Wildman–Crippen MR) is 98.4 cm³/mol. The van der Waals surface area contributed by atoms with Crippen molar-refractivity contribution in [3.05, 3.63) is 77.0 Å². The van der Waals surface area contributed by atoms with Gasteiger partial charge in [-0.2, -0.15) is 18.3 Å². The summed E-state index contributed by atoms with van der Waals surface area (Å²) in [5.74, 6) is -1.25. The van der Waals surface area contributed by atoms with Crippen molar-refractivity contribution in [1.29, 1.82) is 0 Å². The smallest absolute Gasteiger partial charge is 0.315 e. The fraction of sp³-hybridized carbons (Fsp3) is 0.286. The van der Waals surface area contributed by atoms with E-state index in [0.29, 0.717) is 25.2 Å². The molecule has 1 aromatic heterocycles. The molecule has 1 aliphatic rings. The van der Waals surface area contributed by atoms with E-state index in [9.17, 15) is 22.0 Å². The maximum atomic E-state index is 14.0. The molecule has 2 aromatic carbocycles. The number of piperidine rings is 1. The zero-order valence-electron chi connectivity index (χ0n) is 15.2. The Morgan fingerprint density at radius 3 is 2.31 bits per heavy atom. The second-order valence-electron chi connectivity index (χ2n) is 7.24. The minimum absolute atomic E-state index is 0.0424. The van der Waals surface area contributed by atoms with E-state index in [1.54, 1.807) is 6.07 Å². The molecule has 1 saturated heterocycles. The lowest BCUT2D eigenvalue weighted by molar-refractivity contribution is -0.137. The summed E-state index contributed by atoms with van der Waals surface area (Å²) in [6, 6.07) is 10.3. The first-order valence-corrected chi connectivity index (χ1v) is 9.20. The highest BCUT2D eigenvalue weighted by molar-refractivity contribution is 5.60. The van der Waals surface area contributed by atoms with Crippen LogP contribution in [0.5, 0.6) is 0 Å². The lowest BCUT2D eigenvalue weighted by Gasteiger charge is -2.29. The average molecular weight is 407 g/mol.